The van der Waals surface area contributed by atoms with Crippen LogP contribution in [0.1, 0.15) is 11.1 Å². The number of para-hydroxylation sites is 1. The van der Waals surface area contributed by atoms with Crippen molar-refractivity contribution in [2.75, 3.05) is 5.32 Å². The molecule has 0 amide bonds. The molecule has 0 spiro atoms. The summed E-state index contributed by atoms with van der Waals surface area (Å²) in [7, 11) is 0. The first-order valence-electron chi connectivity index (χ1n) is 5.49. The quantitative estimate of drug-likeness (QED) is 0.714. The van der Waals surface area contributed by atoms with Crippen LogP contribution in [0.2, 0.25) is 0 Å². The van der Waals surface area contributed by atoms with E-state index in [0.717, 1.165) is 22.7 Å². The first kappa shape index (κ1) is 10.4. The fourth-order valence-electron chi connectivity index (χ4n) is 1.85. The Morgan fingerprint density at radius 1 is 1.18 bits per heavy atom. The molecule has 3 rings (SSSR count). The van der Waals surface area contributed by atoms with Crippen LogP contribution >= 0.6 is 11.3 Å². The number of rotatable bonds is 2. The van der Waals surface area contributed by atoms with Gasteiger partial charge < -0.3 is 10.3 Å². The van der Waals surface area contributed by atoms with Gasteiger partial charge in [0.1, 0.15) is 0 Å². The molecule has 2 heterocycles. The maximum Gasteiger partial charge on any atom is 0.205 e. The molecule has 0 aliphatic rings. The van der Waals surface area contributed by atoms with Crippen molar-refractivity contribution in [2.45, 2.75) is 13.8 Å². The van der Waals surface area contributed by atoms with Gasteiger partial charge in [-0.25, -0.2) is 4.98 Å². The molecule has 3 nitrogen and oxygen atoms in total. The number of benzene rings is 1. The number of hydrogen-bond donors (Lipinski definition) is 2. The molecular formula is C13H13N3S. The number of aromatic amines is 1. The molecule has 0 saturated carbocycles. The molecule has 0 radical (unpaired) electrons. The third-order valence-electron chi connectivity index (χ3n) is 2.82. The molecule has 4 heteroatoms. The molecule has 0 aliphatic carbocycles. The van der Waals surface area contributed by atoms with Crippen LogP contribution in [0.5, 0.6) is 0 Å². The van der Waals surface area contributed by atoms with E-state index in [1.807, 2.05) is 12.1 Å². The number of thiophene rings is 1. The third kappa shape index (κ3) is 1.80. The normalized spacial score (nSPS) is 10.9. The van der Waals surface area contributed by atoms with Crippen molar-refractivity contribution in [3.63, 3.8) is 0 Å². The van der Waals surface area contributed by atoms with Gasteiger partial charge >= 0.3 is 0 Å². The van der Waals surface area contributed by atoms with Gasteiger partial charge in [-0.15, -0.1) is 11.3 Å². The van der Waals surface area contributed by atoms with E-state index < -0.39 is 0 Å². The molecule has 0 unspecified atom stereocenters. The molecule has 2 aromatic heterocycles. The average Bonchev–Trinajstić information content (AvgIpc) is 2.87. The first-order chi connectivity index (χ1) is 8.24. The van der Waals surface area contributed by atoms with Gasteiger partial charge in [-0.05, 0) is 36.4 Å². The van der Waals surface area contributed by atoms with Gasteiger partial charge in [0.2, 0.25) is 5.95 Å². The monoisotopic (exact) mass is 243 g/mol. The summed E-state index contributed by atoms with van der Waals surface area (Å²) in [6.45, 7) is 4.16. The van der Waals surface area contributed by atoms with Crippen molar-refractivity contribution in [3.05, 3.63) is 40.1 Å². The summed E-state index contributed by atoms with van der Waals surface area (Å²) in [5.41, 5.74) is 5.65. The Kier molecular flexibility index (Phi) is 2.37. The minimum atomic E-state index is 0.802. The van der Waals surface area contributed by atoms with Crippen LogP contribution < -0.4 is 5.32 Å². The lowest BCUT2D eigenvalue weighted by Crippen LogP contribution is -1.91. The fourth-order valence-corrected chi connectivity index (χ4v) is 2.63. The largest absolute Gasteiger partial charge is 0.325 e. The van der Waals surface area contributed by atoms with Crippen molar-refractivity contribution in [1.82, 2.24) is 9.97 Å². The Morgan fingerprint density at radius 3 is 2.76 bits per heavy atom. The molecule has 0 saturated heterocycles. The Morgan fingerprint density at radius 2 is 2.06 bits per heavy atom. The van der Waals surface area contributed by atoms with Crippen LogP contribution in [0.25, 0.3) is 11.0 Å². The minimum absolute atomic E-state index is 0.802. The number of anilines is 2. The fraction of sp³-hybridized carbons (Fsp3) is 0.154. The van der Waals surface area contributed by atoms with Gasteiger partial charge in [-0.2, -0.15) is 0 Å². The average molecular weight is 243 g/mol. The Hall–Kier alpha value is -1.81. The van der Waals surface area contributed by atoms with E-state index in [-0.39, 0.29) is 0 Å². The number of fused-ring (bicyclic) bond motifs is 1. The van der Waals surface area contributed by atoms with Crippen LogP contribution in [0.3, 0.4) is 0 Å². The van der Waals surface area contributed by atoms with Gasteiger partial charge in [0.05, 0.1) is 16.7 Å². The number of aryl methyl sites for hydroxylation is 2. The van der Waals surface area contributed by atoms with Crippen molar-refractivity contribution >= 4 is 34.0 Å². The minimum Gasteiger partial charge on any atom is -0.325 e. The number of nitrogens with one attached hydrogen (secondary N) is 2. The number of hydrogen-bond acceptors (Lipinski definition) is 3. The molecule has 3 aromatic rings. The van der Waals surface area contributed by atoms with Gasteiger partial charge in [0, 0.05) is 5.38 Å². The van der Waals surface area contributed by atoms with Crippen molar-refractivity contribution in [3.8, 4) is 0 Å². The summed E-state index contributed by atoms with van der Waals surface area (Å²) in [5.74, 6) is 0.802. The topological polar surface area (TPSA) is 40.7 Å². The Labute approximate surface area is 104 Å². The lowest BCUT2D eigenvalue weighted by molar-refractivity contribution is 1.30. The number of imidazole rings is 1. The Balaban J connectivity index is 2.02. The van der Waals surface area contributed by atoms with Crippen molar-refractivity contribution < 1.29 is 0 Å². The van der Waals surface area contributed by atoms with Crippen LogP contribution in [-0.4, -0.2) is 9.97 Å². The summed E-state index contributed by atoms with van der Waals surface area (Å²) >= 11 is 1.69. The number of aromatic nitrogens is 2. The molecule has 0 aliphatic heterocycles. The number of H-pyrrole nitrogens is 1. The van der Waals surface area contributed by atoms with Crippen LogP contribution in [0, 0.1) is 13.8 Å². The summed E-state index contributed by atoms with van der Waals surface area (Å²) in [6.07, 6.45) is 0. The molecule has 0 bridgehead atoms. The van der Waals surface area contributed by atoms with E-state index in [1.165, 1.54) is 11.1 Å². The van der Waals surface area contributed by atoms with E-state index in [4.69, 9.17) is 0 Å². The molecule has 0 fully saturated rings. The van der Waals surface area contributed by atoms with E-state index in [1.54, 1.807) is 11.3 Å². The highest BCUT2D eigenvalue weighted by molar-refractivity contribution is 7.08. The smallest absolute Gasteiger partial charge is 0.205 e. The summed E-state index contributed by atoms with van der Waals surface area (Å²) in [5, 5.41) is 7.53. The molecule has 0 atom stereocenters. The maximum absolute atomic E-state index is 4.57. The van der Waals surface area contributed by atoms with Crippen LogP contribution in [-0.2, 0) is 0 Å². The van der Waals surface area contributed by atoms with Gasteiger partial charge in [0.15, 0.2) is 0 Å². The summed E-state index contributed by atoms with van der Waals surface area (Å²) < 4.78 is 0. The standard InChI is InChI=1S/C13H13N3S/c1-8-4-3-5-10-12(8)16-13(14-10)15-11-7-17-6-9(11)2/h3-7H,1-2H3,(H2,14,15,16). The zero-order chi connectivity index (χ0) is 11.8. The van der Waals surface area contributed by atoms with E-state index >= 15 is 0 Å². The third-order valence-corrected chi connectivity index (χ3v) is 3.68. The molecule has 1 aromatic carbocycles. The zero-order valence-electron chi connectivity index (χ0n) is 9.74. The second-order valence-electron chi connectivity index (χ2n) is 4.15. The van der Waals surface area contributed by atoms with Gasteiger partial charge in [0.25, 0.3) is 0 Å². The predicted octanol–water partition coefficient (Wildman–Crippen LogP) is 3.98. The lowest BCUT2D eigenvalue weighted by Gasteiger charge is -1.99. The van der Waals surface area contributed by atoms with E-state index in [9.17, 15) is 0 Å². The second kappa shape index (κ2) is 3.89. The van der Waals surface area contributed by atoms with Gasteiger partial charge in [-0.1, -0.05) is 12.1 Å². The van der Waals surface area contributed by atoms with Crippen LogP contribution in [0.4, 0.5) is 11.6 Å². The molecule has 2 N–H and O–H groups in total. The maximum atomic E-state index is 4.57. The molecule has 17 heavy (non-hydrogen) atoms. The highest BCUT2D eigenvalue weighted by atomic mass is 32.1. The highest BCUT2D eigenvalue weighted by Crippen LogP contribution is 2.24. The SMILES string of the molecule is Cc1cscc1Nc1nc2c(C)cccc2[nH]1. The summed E-state index contributed by atoms with van der Waals surface area (Å²) in [6, 6.07) is 6.15. The first-order valence-corrected chi connectivity index (χ1v) is 6.43. The highest BCUT2D eigenvalue weighted by Gasteiger charge is 2.06. The number of nitrogens with zero attached hydrogens (tertiary/aromatic N) is 1. The lowest BCUT2D eigenvalue weighted by atomic mass is 10.2. The summed E-state index contributed by atoms with van der Waals surface area (Å²) in [4.78, 5) is 7.85. The van der Waals surface area contributed by atoms with E-state index in [2.05, 4.69) is 46.0 Å². The second-order valence-corrected chi connectivity index (χ2v) is 4.89. The van der Waals surface area contributed by atoms with Crippen LogP contribution in [0.15, 0.2) is 29.0 Å². The van der Waals surface area contributed by atoms with Crippen molar-refractivity contribution in [1.29, 1.82) is 0 Å². The molecular weight excluding hydrogens is 230 g/mol. The van der Waals surface area contributed by atoms with E-state index in [0.29, 0.717) is 0 Å². The zero-order valence-corrected chi connectivity index (χ0v) is 10.6. The van der Waals surface area contributed by atoms with Crippen molar-refractivity contribution in [2.24, 2.45) is 0 Å². The van der Waals surface area contributed by atoms with Gasteiger partial charge in [-0.3, -0.25) is 0 Å². The Bertz CT molecular complexity index is 666. The predicted molar refractivity (Wildman–Crippen MR) is 73.2 cm³/mol. The molecule has 86 valence electrons.